The number of hydrogen-bond donors (Lipinski definition) is 0. The van der Waals surface area contributed by atoms with Gasteiger partial charge in [-0.05, 0) is 26.0 Å². The van der Waals surface area contributed by atoms with Crippen LogP contribution in [0.2, 0.25) is 0 Å². The molecule has 0 aliphatic carbocycles. The summed E-state index contributed by atoms with van der Waals surface area (Å²) >= 11 is 0. The van der Waals surface area contributed by atoms with Crippen molar-refractivity contribution in [3.63, 3.8) is 0 Å². The molecule has 21 heavy (non-hydrogen) atoms. The molecule has 0 spiro atoms. The molecule has 1 aliphatic rings. The van der Waals surface area contributed by atoms with Gasteiger partial charge in [-0.25, -0.2) is 0 Å². The number of hydrogen-bond acceptors (Lipinski definition) is 4. The molecule has 0 N–H and O–H groups in total. The second-order valence-corrected chi connectivity index (χ2v) is 5.32. The van der Waals surface area contributed by atoms with Gasteiger partial charge in [0.25, 0.3) is 5.91 Å². The van der Waals surface area contributed by atoms with Gasteiger partial charge in [0.1, 0.15) is 0 Å². The number of carbonyl (C=O) groups excluding carboxylic acids is 1. The Hall–Kier alpha value is -2.21. The van der Waals surface area contributed by atoms with Crippen LogP contribution in [0.1, 0.15) is 24.3 Å². The zero-order chi connectivity index (χ0) is 14.8. The van der Waals surface area contributed by atoms with Crippen LogP contribution in [0.4, 0.5) is 0 Å². The largest absolute Gasteiger partial charge is 0.372 e. The number of ether oxygens (including phenoxy) is 1. The predicted molar refractivity (Wildman–Crippen MR) is 77.3 cm³/mol. The number of rotatable bonds is 2. The summed E-state index contributed by atoms with van der Waals surface area (Å²) < 4.78 is 5.64. The van der Waals surface area contributed by atoms with Crippen LogP contribution in [0, 0.1) is 0 Å². The molecule has 0 radical (unpaired) electrons. The minimum atomic E-state index is -0.0980. The van der Waals surface area contributed by atoms with E-state index < -0.39 is 0 Å². The van der Waals surface area contributed by atoms with Gasteiger partial charge in [0.2, 0.25) is 0 Å². The fraction of sp³-hybridized carbons (Fsp3) is 0.400. The van der Waals surface area contributed by atoms with Crippen LogP contribution >= 0.6 is 0 Å². The van der Waals surface area contributed by atoms with E-state index in [4.69, 9.17) is 4.74 Å². The van der Waals surface area contributed by atoms with E-state index in [2.05, 4.69) is 10.2 Å². The first-order chi connectivity index (χ1) is 10.1. The van der Waals surface area contributed by atoms with Gasteiger partial charge in [0, 0.05) is 13.1 Å². The fourth-order valence-corrected chi connectivity index (χ4v) is 2.55. The zero-order valence-electron chi connectivity index (χ0n) is 12.1. The number of benzene rings is 1. The number of para-hydroxylation sites is 1. The Morgan fingerprint density at radius 1 is 1.19 bits per heavy atom. The van der Waals surface area contributed by atoms with Crippen LogP contribution in [0.25, 0.3) is 5.69 Å². The van der Waals surface area contributed by atoms with E-state index in [-0.39, 0.29) is 18.1 Å². The van der Waals surface area contributed by atoms with E-state index in [1.54, 1.807) is 4.90 Å². The Labute approximate surface area is 123 Å². The van der Waals surface area contributed by atoms with Gasteiger partial charge in [-0.2, -0.15) is 9.90 Å². The van der Waals surface area contributed by atoms with Gasteiger partial charge in [-0.1, -0.05) is 18.2 Å². The van der Waals surface area contributed by atoms with E-state index in [9.17, 15) is 4.79 Å². The first-order valence-corrected chi connectivity index (χ1v) is 7.06. The molecule has 1 amide bonds. The summed E-state index contributed by atoms with van der Waals surface area (Å²) in [4.78, 5) is 15.7. The summed E-state index contributed by atoms with van der Waals surface area (Å²) in [6.45, 7) is 5.11. The molecule has 3 rings (SSSR count). The summed E-state index contributed by atoms with van der Waals surface area (Å²) in [5.41, 5.74) is 1.19. The molecule has 1 aromatic carbocycles. The van der Waals surface area contributed by atoms with Crippen molar-refractivity contribution in [1.82, 2.24) is 19.9 Å². The van der Waals surface area contributed by atoms with Crippen molar-refractivity contribution in [1.29, 1.82) is 0 Å². The molecule has 0 bridgehead atoms. The minimum absolute atomic E-state index is 0.0434. The topological polar surface area (TPSA) is 60.2 Å². The summed E-state index contributed by atoms with van der Waals surface area (Å²) in [6.07, 6.45) is 1.60. The van der Waals surface area contributed by atoms with Crippen molar-refractivity contribution >= 4 is 5.91 Å². The maximum absolute atomic E-state index is 12.5. The van der Waals surface area contributed by atoms with Crippen molar-refractivity contribution in [2.24, 2.45) is 0 Å². The number of nitrogens with zero attached hydrogens (tertiary/aromatic N) is 4. The first-order valence-electron chi connectivity index (χ1n) is 7.06. The predicted octanol–water partition coefficient (Wildman–Crippen LogP) is 1.52. The fourth-order valence-electron chi connectivity index (χ4n) is 2.55. The third-order valence-electron chi connectivity index (χ3n) is 3.40. The molecule has 1 aliphatic heterocycles. The molecule has 110 valence electrons. The summed E-state index contributed by atoms with van der Waals surface area (Å²) in [7, 11) is 0. The summed E-state index contributed by atoms with van der Waals surface area (Å²) in [5.74, 6) is -0.0980. The molecular formula is C15H18N4O2. The molecule has 1 aromatic heterocycles. The number of carbonyl (C=O) groups is 1. The lowest BCUT2D eigenvalue weighted by Gasteiger charge is -2.34. The maximum atomic E-state index is 12.5. The van der Waals surface area contributed by atoms with Gasteiger partial charge in [-0.15, -0.1) is 5.10 Å². The highest BCUT2D eigenvalue weighted by Gasteiger charge is 2.28. The summed E-state index contributed by atoms with van der Waals surface area (Å²) in [5, 5.41) is 8.45. The lowest BCUT2D eigenvalue weighted by Crippen LogP contribution is -2.48. The van der Waals surface area contributed by atoms with Crippen molar-refractivity contribution in [2.75, 3.05) is 13.1 Å². The Bertz CT molecular complexity index is 616. The van der Waals surface area contributed by atoms with Gasteiger partial charge in [0.15, 0.2) is 5.69 Å². The molecule has 0 unspecified atom stereocenters. The Morgan fingerprint density at radius 2 is 1.86 bits per heavy atom. The zero-order valence-corrected chi connectivity index (χ0v) is 12.1. The van der Waals surface area contributed by atoms with Crippen molar-refractivity contribution in [3.8, 4) is 5.69 Å². The van der Waals surface area contributed by atoms with E-state index in [0.717, 1.165) is 5.69 Å². The van der Waals surface area contributed by atoms with Gasteiger partial charge >= 0.3 is 0 Å². The Morgan fingerprint density at radius 3 is 2.52 bits per heavy atom. The third-order valence-corrected chi connectivity index (χ3v) is 3.40. The van der Waals surface area contributed by atoms with Crippen LogP contribution in [0.15, 0.2) is 36.5 Å². The lowest BCUT2D eigenvalue weighted by atomic mass is 10.2. The Balaban J connectivity index is 1.78. The van der Waals surface area contributed by atoms with Crippen LogP contribution in [0.3, 0.4) is 0 Å². The molecule has 0 saturated carbocycles. The normalized spacial score (nSPS) is 22.3. The quantitative estimate of drug-likeness (QED) is 0.839. The molecule has 6 nitrogen and oxygen atoms in total. The minimum Gasteiger partial charge on any atom is -0.372 e. The molecule has 6 heteroatoms. The van der Waals surface area contributed by atoms with Crippen molar-refractivity contribution in [3.05, 3.63) is 42.2 Å². The van der Waals surface area contributed by atoms with Crippen molar-refractivity contribution in [2.45, 2.75) is 26.1 Å². The third kappa shape index (κ3) is 2.95. The van der Waals surface area contributed by atoms with E-state index in [1.165, 1.54) is 11.0 Å². The highest BCUT2D eigenvalue weighted by Crippen LogP contribution is 2.13. The molecule has 2 heterocycles. The molecule has 1 saturated heterocycles. The van der Waals surface area contributed by atoms with E-state index in [1.807, 2.05) is 44.2 Å². The smallest absolute Gasteiger partial charge is 0.276 e. The maximum Gasteiger partial charge on any atom is 0.276 e. The average Bonchev–Trinajstić information content (AvgIpc) is 2.96. The molecular weight excluding hydrogens is 268 g/mol. The van der Waals surface area contributed by atoms with Gasteiger partial charge in [-0.3, -0.25) is 4.79 Å². The second kappa shape index (κ2) is 5.65. The molecule has 1 fully saturated rings. The first kappa shape index (κ1) is 13.8. The van der Waals surface area contributed by atoms with Crippen LogP contribution < -0.4 is 0 Å². The monoisotopic (exact) mass is 286 g/mol. The highest BCUT2D eigenvalue weighted by molar-refractivity contribution is 5.92. The summed E-state index contributed by atoms with van der Waals surface area (Å²) in [6, 6.07) is 9.53. The van der Waals surface area contributed by atoms with E-state index >= 15 is 0 Å². The van der Waals surface area contributed by atoms with Gasteiger partial charge in [0.05, 0.1) is 24.1 Å². The highest BCUT2D eigenvalue weighted by atomic mass is 16.5. The SMILES string of the molecule is C[C@@H]1CN(C(=O)c2cnn(-c3ccccc3)n2)C[C@H](C)O1. The second-order valence-electron chi connectivity index (χ2n) is 5.32. The molecule has 2 atom stereocenters. The van der Waals surface area contributed by atoms with Crippen LogP contribution in [-0.4, -0.2) is 51.1 Å². The Kier molecular flexibility index (Phi) is 3.70. The van der Waals surface area contributed by atoms with E-state index in [0.29, 0.717) is 18.8 Å². The molecule has 2 aromatic rings. The number of aromatic nitrogens is 3. The number of amides is 1. The number of morpholine rings is 1. The van der Waals surface area contributed by atoms with Gasteiger partial charge < -0.3 is 9.64 Å². The standard InChI is InChI=1S/C15H18N4O2/c1-11-9-18(10-12(2)21-11)15(20)14-8-16-19(17-14)13-6-4-3-5-7-13/h3-8,11-12H,9-10H2,1-2H3/t11-,12+. The van der Waals surface area contributed by atoms with Crippen molar-refractivity contribution < 1.29 is 9.53 Å². The average molecular weight is 286 g/mol. The van der Waals surface area contributed by atoms with Crippen LogP contribution in [0.5, 0.6) is 0 Å². The van der Waals surface area contributed by atoms with Crippen LogP contribution in [-0.2, 0) is 4.74 Å². The lowest BCUT2D eigenvalue weighted by molar-refractivity contribution is -0.0587.